The third-order valence-corrected chi connectivity index (χ3v) is 6.46. The Kier molecular flexibility index (Phi) is 3.80. The van der Waals surface area contributed by atoms with Crippen LogP contribution < -0.4 is 0 Å². The van der Waals surface area contributed by atoms with Crippen LogP contribution in [0.4, 0.5) is 0 Å². The Labute approximate surface area is 144 Å². The minimum Gasteiger partial charge on any atom is -0.294 e. The van der Waals surface area contributed by atoms with Crippen LogP contribution in [0.2, 0.25) is 0 Å². The lowest BCUT2D eigenvalue weighted by Gasteiger charge is -2.38. The average molecular weight is 320 g/mol. The number of carbonyl (C=O) groups excluding carboxylic acids is 1. The Morgan fingerprint density at radius 3 is 2.08 bits per heavy atom. The van der Waals surface area contributed by atoms with Crippen LogP contribution in [0, 0.1) is 50.7 Å². The molecule has 0 saturated heterocycles. The maximum absolute atomic E-state index is 13.0. The predicted octanol–water partition coefficient (Wildman–Crippen LogP) is 4.76. The van der Waals surface area contributed by atoms with Crippen LogP contribution in [0.25, 0.3) is 0 Å². The third kappa shape index (κ3) is 2.19. The van der Waals surface area contributed by atoms with E-state index in [-0.39, 0.29) is 11.2 Å². The van der Waals surface area contributed by atoms with E-state index in [1.54, 1.807) is 12.1 Å². The molecule has 3 nitrogen and oxygen atoms in total. The van der Waals surface area contributed by atoms with Crippen molar-refractivity contribution in [3.63, 3.8) is 0 Å². The summed E-state index contributed by atoms with van der Waals surface area (Å²) in [6.07, 6.45) is 3.60. The molecule has 124 valence electrons. The van der Waals surface area contributed by atoms with Gasteiger partial charge >= 0.3 is 0 Å². The van der Waals surface area contributed by atoms with Crippen LogP contribution in [0.15, 0.2) is 30.3 Å². The van der Waals surface area contributed by atoms with Gasteiger partial charge in [0.05, 0.1) is 18.1 Å². The number of hydrogen-bond acceptors (Lipinski definition) is 3. The lowest BCUT2D eigenvalue weighted by molar-refractivity contribution is 0.0905. The zero-order valence-corrected chi connectivity index (χ0v) is 14.7. The zero-order chi connectivity index (χ0) is 17.6. The fraction of sp³-hybridized carbons (Fsp3) is 0.571. The smallest absolute Gasteiger partial charge is 0.169 e. The van der Waals surface area contributed by atoms with Gasteiger partial charge in [0, 0.05) is 11.0 Å². The van der Waals surface area contributed by atoms with E-state index in [9.17, 15) is 15.3 Å². The van der Waals surface area contributed by atoms with Crippen LogP contribution in [-0.4, -0.2) is 5.78 Å². The van der Waals surface area contributed by atoms with Gasteiger partial charge in [-0.05, 0) is 37.0 Å². The van der Waals surface area contributed by atoms with Crippen molar-refractivity contribution in [1.29, 1.82) is 10.5 Å². The molecular formula is C21H24N2O. The van der Waals surface area contributed by atoms with Crippen molar-refractivity contribution in [2.75, 3.05) is 0 Å². The lowest BCUT2D eigenvalue weighted by atomic mass is 9.67. The van der Waals surface area contributed by atoms with E-state index in [0.717, 1.165) is 25.7 Å². The molecule has 1 spiro atoms. The van der Waals surface area contributed by atoms with Crippen molar-refractivity contribution in [3.05, 3.63) is 35.9 Å². The van der Waals surface area contributed by atoms with Crippen LogP contribution in [0.3, 0.4) is 0 Å². The van der Waals surface area contributed by atoms with Gasteiger partial charge in [0.15, 0.2) is 11.2 Å². The van der Waals surface area contributed by atoms with E-state index < -0.39 is 16.7 Å². The summed E-state index contributed by atoms with van der Waals surface area (Å²) in [4.78, 5) is 13.0. The molecule has 1 unspecified atom stereocenters. The second kappa shape index (κ2) is 5.45. The monoisotopic (exact) mass is 320 g/mol. The van der Waals surface area contributed by atoms with E-state index in [4.69, 9.17) is 0 Å². The maximum Gasteiger partial charge on any atom is 0.169 e. The Balaban J connectivity index is 1.90. The van der Waals surface area contributed by atoms with Crippen LogP contribution in [0.5, 0.6) is 0 Å². The number of hydrogen-bond donors (Lipinski definition) is 0. The molecule has 0 heterocycles. The number of nitrogens with zero attached hydrogens (tertiary/aromatic N) is 2. The second-order valence-corrected chi connectivity index (χ2v) is 8.49. The van der Waals surface area contributed by atoms with Crippen molar-refractivity contribution in [2.24, 2.45) is 28.1 Å². The third-order valence-electron chi connectivity index (χ3n) is 6.46. The van der Waals surface area contributed by atoms with Gasteiger partial charge in [-0.15, -0.1) is 0 Å². The highest BCUT2D eigenvalue weighted by Gasteiger charge is 2.80. The quantitative estimate of drug-likeness (QED) is 0.738. The summed E-state index contributed by atoms with van der Waals surface area (Å²) in [7, 11) is 0. The first-order valence-electron chi connectivity index (χ1n) is 8.74. The molecule has 1 aromatic carbocycles. The van der Waals surface area contributed by atoms with E-state index in [1.165, 1.54) is 0 Å². The molecule has 0 aliphatic heterocycles. The van der Waals surface area contributed by atoms with Gasteiger partial charge in [-0.1, -0.05) is 51.1 Å². The minimum absolute atomic E-state index is 0.0343. The molecule has 3 rings (SSSR count). The van der Waals surface area contributed by atoms with Crippen molar-refractivity contribution >= 4 is 5.78 Å². The fourth-order valence-electron chi connectivity index (χ4n) is 4.87. The molecule has 1 aromatic rings. The number of ketones is 1. The molecule has 0 N–H and O–H groups in total. The topological polar surface area (TPSA) is 64.7 Å². The number of benzene rings is 1. The molecule has 2 aliphatic rings. The number of Topliss-reactive ketones (excluding diaryl/α,β-unsaturated/α-hetero) is 1. The Bertz CT molecular complexity index is 708. The summed E-state index contributed by atoms with van der Waals surface area (Å²) in [5.41, 5.74) is -0.724. The summed E-state index contributed by atoms with van der Waals surface area (Å²) in [6.45, 7) is 6.74. The molecule has 0 radical (unpaired) electrons. The van der Waals surface area contributed by atoms with Gasteiger partial charge in [-0.3, -0.25) is 4.79 Å². The summed E-state index contributed by atoms with van der Waals surface area (Å²) < 4.78 is 0. The molecular weight excluding hydrogens is 296 g/mol. The molecule has 2 saturated carbocycles. The van der Waals surface area contributed by atoms with Gasteiger partial charge in [-0.25, -0.2) is 0 Å². The van der Waals surface area contributed by atoms with E-state index in [2.05, 4.69) is 32.9 Å². The summed E-state index contributed by atoms with van der Waals surface area (Å²) in [6, 6.07) is 13.6. The standard InChI is InChI=1S/C21H24N2O/c1-19(2,3)16-9-11-20(12-10-16)18(21(20,13-22)14-23)17(24)15-7-5-4-6-8-15/h4-8,16,18H,9-12H2,1-3H3. The highest BCUT2D eigenvalue weighted by Crippen LogP contribution is 2.76. The molecule has 0 aromatic heterocycles. The van der Waals surface area contributed by atoms with Gasteiger partial charge in [0.25, 0.3) is 0 Å². The van der Waals surface area contributed by atoms with Gasteiger partial charge < -0.3 is 0 Å². The first kappa shape index (κ1) is 16.7. The average Bonchev–Trinajstić information content (AvgIpc) is 3.15. The summed E-state index contributed by atoms with van der Waals surface area (Å²) in [5, 5.41) is 19.5. The number of rotatable bonds is 2. The van der Waals surface area contributed by atoms with Crippen molar-refractivity contribution in [1.82, 2.24) is 0 Å². The van der Waals surface area contributed by atoms with Gasteiger partial charge in [0.2, 0.25) is 0 Å². The molecule has 2 aliphatic carbocycles. The van der Waals surface area contributed by atoms with E-state index in [0.29, 0.717) is 11.5 Å². The maximum atomic E-state index is 13.0. The fourth-order valence-corrected chi connectivity index (χ4v) is 4.87. The molecule has 3 heteroatoms. The zero-order valence-electron chi connectivity index (χ0n) is 14.7. The first-order chi connectivity index (χ1) is 11.3. The second-order valence-electron chi connectivity index (χ2n) is 8.49. The SMILES string of the molecule is CC(C)(C)C1CCC2(CC1)C(C(=O)c1ccccc1)C2(C#N)C#N. The highest BCUT2D eigenvalue weighted by molar-refractivity contribution is 6.02. The Morgan fingerprint density at radius 1 is 1.08 bits per heavy atom. The number of nitriles is 2. The van der Waals surface area contributed by atoms with Crippen LogP contribution in [-0.2, 0) is 0 Å². The van der Waals surface area contributed by atoms with E-state index in [1.807, 2.05) is 18.2 Å². The highest BCUT2D eigenvalue weighted by atomic mass is 16.1. The predicted molar refractivity (Wildman–Crippen MR) is 91.8 cm³/mol. The molecule has 1 atom stereocenters. The Morgan fingerprint density at radius 2 is 1.62 bits per heavy atom. The van der Waals surface area contributed by atoms with Crippen molar-refractivity contribution in [3.8, 4) is 12.1 Å². The molecule has 24 heavy (non-hydrogen) atoms. The lowest BCUT2D eigenvalue weighted by Crippen LogP contribution is -2.29. The molecule has 2 fully saturated rings. The molecule has 0 bridgehead atoms. The summed E-state index contributed by atoms with van der Waals surface area (Å²) >= 11 is 0. The summed E-state index contributed by atoms with van der Waals surface area (Å²) in [5.74, 6) is 0.0857. The van der Waals surface area contributed by atoms with Gasteiger partial charge in [0.1, 0.15) is 0 Å². The van der Waals surface area contributed by atoms with E-state index >= 15 is 0 Å². The normalized spacial score (nSPS) is 31.0. The van der Waals surface area contributed by atoms with Crippen molar-refractivity contribution < 1.29 is 4.79 Å². The first-order valence-corrected chi connectivity index (χ1v) is 8.74. The van der Waals surface area contributed by atoms with Crippen LogP contribution >= 0.6 is 0 Å². The minimum atomic E-state index is -1.14. The van der Waals surface area contributed by atoms with Gasteiger partial charge in [-0.2, -0.15) is 10.5 Å². The Hall–Kier alpha value is -2.13. The van der Waals surface area contributed by atoms with Crippen LogP contribution in [0.1, 0.15) is 56.8 Å². The largest absolute Gasteiger partial charge is 0.294 e. The van der Waals surface area contributed by atoms with Crippen molar-refractivity contribution in [2.45, 2.75) is 46.5 Å². The number of carbonyl (C=O) groups is 1. The molecule has 0 amide bonds.